The average Bonchev–Trinajstić information content (AvgIpc) is 3.08. The number of methoxy groups -OCH3 is 1. The van der Waals surface area contributed by atoms with Crippen molar-refractivity contribution in [2.45, 2.75) is 64.8 Å². The molecule has 1 unspecified atom stereocenters. The first kappa shape index (κ1) is 19.5. The van der Waals surface area contributed by atoms with Gasteiger partial charge in [0.15, 0.2) is 5.96 Å². The van der Waals surface area contributed by atoms with Crippen molar-refractivity contribution in [3.63, 3.8) is 0 Å². The van der Waals surface area contributed by atoms with Crippen molar-refractivity contribution in [2.24, 2.45) is 10.4 Å². The minimum absolute atomic E-state index is 0.386. The van der Waals surface area contributed by atoms with Gasteiger partial charge in [0.1, 0.15) is 0 Å². The summed E-state index contributed by atoms with van der Waals surface area (Å²) >= 11 is 0. The zero-order valence-electron chi connectivity index (χ0n) is 16.1. The minimum atomic E-state index is 0.386. The lowest BCUT2D eigenvalue weighted by molar-refractivity contribution is 0.0778. The maximum absolute atomic E-state index is 5.29. The van der Waals surface area contributed by atoms with Gasteiger partial charge in [-0.25, -0.2) is 0 Å². The number of aliphatic imine (C=N–C) groups is 1. The lowest BCUT2D eigenvalue weighted by Crippen LogP contribution is -2.46. The number of guanidine groups is 1. The molecule has 0 radical (unpaired) electrons. The molecule has 0 spiro atoms. The van der Waals surface area contributed by atoms with Crippen LogP contribution in [0.3, 0.4) is 0 Å². The highest BCUT2D eigenvalue weighted by molar-refractivity contribution is 5.79. The Morgan fingerprint density at radius 2 is 1.92 bits per heavy atom. The zero-order valence-corrected chi connectivity index (χ0v) is 16.1. The van der Waals surface area contributed by atoms with Gasteiger partial charge < -0.3 is 15.4 Å². The second-order valence-corrected chi connectivity index (χ2v) is 7.48. The predicted molar refractivity (Wildman–Crippen MR) is 102 cm³/mol. The molecule has 24 heavy (non-hydrogen) atoms. The number of nitrogens with zero attached hydrogens (tertiary/aromatic N) is 2. The Hall–Kier alpha value is -0.810. The fourth-order valence-electron chi connectivity index (χ4n) is 3.92. The Balaban J connectivity index is 1.85. The molecule has 1 heterocycles. The summed E-state index contributed by atoms with van der Waals surface area (Å²) in [4.78, 5) is 7.54. The quantitative estimate of drug-likeness (QED) is 0.475. The van der Waals surface area contributed by atoms with Gasteiger partial charge in [-0.3, -0.25) is 9.89 Å². The molecular weight excluding hydrogens is 300 g/mol. The van der Waals surface area contributed by atoms with Gasteiger partial charge in [-0.05, 0) is 64.0 Å². The van der Waals surface area contributed by atoms with Gasteiger partial charge >= 0.3 is 0 Å². The molecule has 5 heteroatoms. The third-order valence-corrected chi connectivity index (χ3v) is 5.80. The number of likely N-dealkylation sites (tertiary alicyclic amines) is 1. The average molecular weight is 339 g/mol. The van der Waals surface area contributed by atoms with E-state index in [9.17, 15) is 0 Å². The SMILES string of the molecule is CCNC(=NCC1(CCOC)CCC1)NCC(CC)N1CCCC1. The van der Waals surface area contributed by atoms with E-state index >= 15 is 0 Å². The van der Waals surface area contributed by atoms with E-state index in [0.717, 1.165) is 38.6 Å². The minimum Gasteiger partial charge on any atom is -0.385 e. The molecule has 0 bridgehead atoms. The third kappa shape index (κ3) is 5.62. The lowest BCUT2D eigenvalue weighted by Gasteiger charge is -2.40. The van der Waals surface area contributed by atoms with Crippen molar-refractivity contribution < 1.29 is 4.74 Å². The molecule has 0 aromatic carbocycles. The van der Waals surface area contributed by atoms with Crippen molar-refractivity contribution in [2.75, 3.05) is 46.4 Å². The first-order chi connectivity index (χ1) is 11.7. The highest BCUT2D eigenvalue weighted by Gasteiger charge is 2.36. The van der Waals surface area contributed by atoms with Crippen molar-refractivity contribution in [3.8, 4) is 0 Å². The molecule has 2 aliphatic rings. The first-order valence-corrected chi connectivity index (χ1v) is 9.98. The van der Waals surface area contributed by atoms with E-state index in [4.69, 9.17) is 9.73 Å². The number of rotatable bonds is 10. The summed E-state index contributed by atoms with van der Waals surface area (Å²) in [6.07, 6.45) is 8.98. The van der Waals surface area contributed by atoms with Crippen molar-refractivity contribution in [1.29, 1.82) is 0 Å². The topological polar surface area (TPSA) is 48.9 Å². The largest absolute Gasteiger partial charge is 0.385 e. The monoisotopic (exact) mass is 338 g/mol. The lowest BCUT2D eigenvalue weighted by atomic mass is 9.67. The molecule has 0 aromatic rings. The fraction of sp³-hybridized carbons (Fsp3) is 0.947. The van der Waals surface area contributed by atoms with Crippen LogP contribution in [0.2, 0.25) is 0 Å². The van der Waals surface area contributed by atoms with Gasteiger partial charge in [-0.2, -0.15) is 0 Å². The first-order valence-electron chi connectivity index (χ1n) is 9.98. The van der Waals surface area contributed by atoms with Crippen LogP contribution in [-0.4, -0.2) is 63.3 Å². The van der Waals surface area contributed by atoms with E-state index in [1.54, 1.807) is 7.11 Å². The van der Waals surface area contributed by atoms with E-state index in [1.165, 1.54) is 51.6 Å². The van der Waals surface area contributed by atoms with Crippen LogP contribution in [0.4, 0.5) is 0 Å². The Kier molecular flexibility index (Phi) is 8.33. The molecule has 2 N–H and O–H groups in total. The van der Waals surface area contributed by atoms with Crippen LogP contribution in [0.25, 0.3) is 0 Å². The second-order valence-electron chi connectivity index (χ2n) is 7.48. The summed E-state index contributed by atoms with van der Waals surface area (Å²) in [5, 5.41) is 7.01. The molecular formula is C19H38N4O. The number of nitrogens with one attached hydrogen (secondary N) is 2. The van der Waals surface area contributed by atoms with Crippen LogP contribution >= 0.6 is 0 Å². The number of hydrogen-bond acceptors (Lipinski definition) is 3. The zero-order chi connectivity index (χ0) is 17.3. The van der Waals surface area contributed by atoms with E-state index < -0.39 is 0 Å². The Labute approximate surface area is 148 Å². The van der Waals surface area contributed by atoms with Gasteiger partial charge in [-0.1, -0.05) is 13.3 Å². The summed E-state index contributed by atoms with van der Waals surface area (Å²) in [6, 6.07) is 0.627. The molecule has 0 aromatic heterocycles. The van der Waals surface area contributed by atoms with E-state index in [2.05, 4.69) is 29.4 Å². The van der Waals surface area contributed by atoms with Crippen molar-refractivity contribution >= 4 is 5.96 Å². The van der Waals surface area contributed by atoms with Crippen LogP contribution < -0.4 is 10.6 Å². The van der Waals surface area contributed by atoms with Gasteiger partial charge in [-0.15, -0.1) is 0 Å². The van der Waals surface area contributed by atoms with E-state index in [-0.39, 0.29) is 0 Å². The summed E-state index contributed by atoms with van der Waals surface area (Å²) in [5.74, 6) is 0.985. The molecule has 1 atom stereocenters. The predicted octanol–water partition coefficient (Wildman–Crippen LogP) is 2.62. The van der Waals surface area contributed by atoms with Crippen LogP contribution in [0.15, 0.2) is 4.99 Å². The summed E-state index contributed by atoms with van der Waals surface area (Å²) in [7, 11) is 1.80. The standard InChI is InChI=1S/C19H38N4O/c1-4-17(23-12-6-7-13-23)15-21-18(20-5-2)22-16-19(9-8-10-19)11-14-24-3/h17H,4-16H2,1-3H3,(H2,20,21,22). The van der Waals surface area contributed by atoms with Crippen LogP contribution in [-0.2, 0) is 4.74 Å². The normalized spacial score (nSPS) is 22.2. The smallest absolute Gasteiger partial charge is 0.191 e. The molecule has 140 valence electrons. The highest BCUT2D eigenvalue weighted by atomic mass is 16.5. The second kappa shape index (κ2) is 10.2. The fourth-order valence-corrected chi connectivity index (χ4v) is 3.92. The Bertz CT molecular complexity index is 376. The molecule has 5 nitrogen and oxygen atoms in total. The third-order valence-electron chi connectivity index (χ3n) is 5.80. The Morgan fingerprint density at radius 1 is 1.17 bits per heavy atom. The molecule has 1 aliphatic carbocycles. The highest BCUT2D eigenvalue weighted by Crippen LogP contribution is 2.44. The van der Waals surface area contributed by atoms with Crippen LogP contribution in [0, 0.1) is 5.41 Å². The van der Waals surface area contributed by atoms with Crippen LogP contribution in [0.1, 0.15) is 58.8 Å². The molecule has 0 amide bonds. The summed E-state index contributed by atoms with van der Waals surface area (Å²) in [6.45, 7) is 10.6. The van der Waals surface area contributed by atoms with Crippen molar-refractivity contribution in [3.05, 3.63) is 0 Å². The summed E-state index contributed by atoms with van der Waals surface area (Å²) in [5.41, 5.74) is 0.386. The molecule has 1 saturated carbocycles. The Morgan fingerprint density at radius 3 is 2.46 bits per heavy atom. The maximum atomic E-state index is 5.29. The molecule has 2 rings (SSSR count). The van der Waals surface area contributed by atoms with E-state index in [1.807, 2.05) is 0 Å². The van der Waals surface area contributed by atoms with Crippen molar-refractivity contribution in [1.82, 2.24) is 15.5 Å². The van der Waals surface area contributed by atoms with Gasteiger partial charge in [0.25, 0.3) is 0 Å². The summed E-state index contributed by atoms with van der Waals surface area (Å²) < 4.78 is 5.29. The number of hydrogen-bond donors (Lipinski definition) is 2. The van der Waals surface area contributed by atoms with Crippen LogP contribution in [0.5, 0.6) is 0 Å². The van der Waals surface area contributed by atoms with Gasteiger partial charge in [0.05, 0.1) is 0 Å². The molecule has 1 saturated heterocycles. The molecule has 2 fully saturated rings. The van der Waals surface area contributed by atoms with Gasteiger partial charge in [0, 0.05) is 39.4 Å². The maximum Gasteiger partial charge on any atom is 0.191 e. The molecule has 1 aliphatic heterocycles. The van der Waals surface area contributed by atoms with E-state index in [0.29, 0.717) is 11.5 Å². The van der Waals surface area contributed by atoms with Gasteiger partial charge in [0.2, 0.25) is 0 Å². The number of ether oxygens (including phenoxy) is 1.